The lowest BCUT2D eigenvalue weighted by atomic mass is 9.87. The van der Waals surface area contributed by atoms with Crippen molar-refractivity contribution in [1.29, 1.82) is 0 Å². The van der Waals surface area contributed by atoms with Gasteiger partial charge in [-0.3, -0.25) is 28.6 Å². The molecule has 1 saturated heterocycles. The van der Waals surface area contributed by atoms with Crippen molar-refractivity contribution < 1.29 is 14.4 Å². The summed E-state index contributed by atoms with van der Waals surface area (Å²) in [5.41, 5.74) is 2.83. The highest BCUT2D eigenvalue weighted by Gasteiger charge is 2.34. The number of nitrogens with zero attached hydrogens (tertiary/aromatic N) is 3. The van der Waals surface area contributed by atoms with Crippen molar-refractivity contribution in [3.05, 3.63) is 81.1 Å². The van der Waals surface area contributed by atoms with Gasteiger partial charge in [0.05, 0.1) is 22.1 Å². The van der Waals surface area contributed by atoms with Crippen molar-refractivity contribution in [3.63, 3.8) is 0 Å². The highest BCUT2D eigenvalue weighted by atomic mass is 32.2. The number of hydrogen-bond acceptors (Lipinski definition) is 6. The fraction of sp³-hybridized carbons (Fsp3) is 0.269. The van der Waals surface area contributed by atoms with Crippen LogP contribution in [0.2, 0.25) is 0 Å². The second kappa shape index (κ2) is 9.87. The van der Waals surface area contributed by atoms with E-state index in [1.807, 2.05) is 24.3 Å². The fourth-order valence-electron chi connectivity index (χ4n) is 3.71. The van der Waals surface area contributed by atoms with Crippen LogP contribution in [-0.4, -0.2) is 44.6 Å². The monoisotopic (exact) mass is 490 g/mol. The molecular weight excluding hydrogens is 464 g/mol. The zero-order valence-corrected chi connectivity index (χ0v) is 20.6. The quantitative estimate of drug-likeness (QED) is 0.531. The first-order valence-corrected chi connectivity index (χ1v) is 12.0. The molecule has 4 rings (SSSR count). The largest absolute Gasteiger partial charge is 0.353 e. The van der Waals surface area contributed by atoms with Crippen LogP contribution in [-0.2, 0) is 21.5 Å². The molecule has 2 heterocycles. The lowest BCUT2D eigenvalue weighted by Crippen LogP contribution is -2.39. The lowest BCUT2D eigenvalue weighted by molar-refractivity contribution is -0.124. The summed E-state index contributed by atoms with van der Waals surface area (Å²) in [7, 11) is 0. The predicted octanol–water partition coefficient (Wildman–Crippen LogP) is 3.55. The molecule has 0 unspecified atom stereocenters. The van der Waals surface area contributed by atoms with E-state index >= 15 is 0 Å². The molecule has 1 fully saturated rings. The average molecular weight is 491 g/mol. The number of amides is 3. The van der Waals surface area contributed by atoms with Crippen LogP contribution in [0.3, 0.4) is 0 Å². The van der Waals surface area contributed by atoms with E-state index in [4.69, 9.17) is 0 Å². The SMILES string of the molecule is CC(C)(C)c1ccc(/C=C2/SC(=O)N(CCNC(=O)Cn3c(=O)cnc4ccccc43)C2=O)cc1. The molecule has 0 radical (unpaired) electrons. The number of carbonyl (C=O) groups is 3. The smallest absolute Gasteiger partial charge is 0.293 e. The van der Waals surface area contributed by atoms with Gasteiger partial charge in [-0.15, -0.1) is 0 Å². The zero-order valence-electron chi connectivity index (χ0n) is 19.8. The number of imide groups is 1. The summed E-state index contributed by atoms with van der Waals surface area (Å²) in [6.07, 6.45) is 2.88. The van der Waals surface area contributed by atoms with Crippen LogP contribution in [0.5, 0.6) is 0 Å². The van der Waals surface area contributed by atoms with Gasteiger partial charge in [-0.25, -0.2) is 4.98 Å². The molecule has 0 saturated carbocycles. The van der Waals surface area contributed by atoms with Crippen molar-refractivity contribution in [2.45, 2.75) is 32.7 Å². The van der Waals surface area contributed by atoms with Crippen LogP contribution < -0.4 is 10.9 Å². The van der Waals surface area contributed by atoms with E-state index in [9.17, 15) is 19.2 Å². The minimum Gasteiger partial charge on any atom is -0.353 e. The number of rotatable bonds is 6. The van der Waals surface area contributed by atoms with Gasteiger partial charge in [0.1, 0.15) is 6.54 Å². The van der Waals surface area contributed by atoms with Gasteiger partial charge < -0.3 is 5.32 Å². The number of aromatic nitrogens is 2. The van der Waals surface area contributed by atoms with Crippen LogP contribution in [0.4, 0.5) is 4.79 Å². The van der Waals surface area contributed by atoms with Gasteiger partial charge in [0.15, 0.2) is 0 Å². The fourth-order valence-corrected chi connectivity index (χ4v) is 4.57. The first-order chi connectivity index (χ1) is 16.6. The van der Waals surface area contributed by atoms with Crippen molar-refractivity contribution in [2.24, 2.45) is 0 Å². The Balaban J connectivity index is 1.36. The van der Waals surface area contributed by atoms with E-state index in [0.29, 0.717) is 15.9 Å². The molecule has 0 spiro atoms. The van der Waals surface area contributed by atoms with Crippen molar-refractivity contribution >= 4 is 45.9 Å². The number of para-hydroxylation sites is 2. The van der Waals surface area contributed by atoms with Gasteiger partial charge in [0.25, 0.3) is 16.7 Å². The molecule has 1 aliphatic heterocycles. The van der Waals surface area contributed by atoms with Gasteiger partial charge in [0, 0.05) is 13.1 Å². The first kappa shape index (κ1) is 24.4. The maximum Gasteiger partial charge on any atom is 0.293 e. The number of hydrogen-bond donors (Lipinski definition) is 1. The Bertz CT molecular complexity index is 1390. The molecule has 1 aliphatic rings. The molecular formula is C26H26N4O4S. The zero-order chi connectivity index (χ0) is 25.2. The third-order valence-corrected chi connectivity index (χ3v) is 6.57. The molecule has 1 N–H and O–H groups in total. The third kappa shape index (κ3) is 5.51. The lowest BCUT2D eigenvalue weighted by Gasteiger charge is -2.18. The molecule has 35 heavy (non-hydrogen) atoms. The van der Waals surface area contributed by atoms with E-state index in [-0.39, 0.29) is 41.8 Å². The molecule has 3 amide bonds. The maximum absolute atomic E-state index is 12.8. The van der Waals surface area contributed by atoms with Crippen LogP contribution in [0.15, 0.2) is 64.4 Å². The number of nitrogens with one attached hydrogen (secondary N) is 1. The van der Waals surface area contributed by atoms with E-state index in [2.05, 4.69) is 31.1 Å². The number of benzene rings is 2. The van der Waals surface area contributed by atoms with Gasteiger partial charge in [-0.05, 0) is 46.5 Å². The van der Waals surface area contributed by atoms with Crippen molar-refractivity contribution in [2.75, 3.05) is 13.1 Å². The van der Waals surface area contributed by atoms with E-state index in [0.717, 1.165) is 22.2 Å². The van der Waals surface area contributed by atoms with Gasteiger partial charge in [-0.1, -0.05) is 57.2 Å². The molecule has 8 nitrogen and oxygen atoms in total. The second-order valence-corrected chi connectivity index (χ2v) is 10.2. The highest BCUT2D eigenvalue weighted by Crippen LogP contribution is 2.32. The van der Waals surface area contributed by atoms with Gasteiger partial charge in [-0.2, -0.15) is 0 Å². The molecule has 1 aromatic heterocycles. The van der Waals surface area contributed by atoms with Crippen molar-refractivity contribution in [1.82, 2.24) is 19.8 Å². The minimum atomic E-state index is -0.398. The normalized spacial score (nSPS) is 15.3. The Labute approximate surface area is 207 Å². The van der Waals surface area contributed by atoms with Gasteiger partial charge in [0.2, 0.25) is 5.91 Å². The summed E-state index contributed by atoms with van der Waals surface area (Å²) in [4.78, 5) is 55.3. The molecule has 3 aromatic rings. The van der Waals surface area contributed by atoms with E-state index < -0.39 is 5.91 Å². The predicted molar refractivity (Wildman–Crippen MR) is 137 cm³/mol. The number of thioether (sulfide) groups is 1. The molecule has 0 atom stereocenters. The Morgan fingerprint density at radius 2 is 1.77 bits per heavy atom. The summed E-state index contributed by atoms with van der Waals surface area (Å²) >= 11 is 0.885. The standard InChI is InChI=1S/C26H26N4O4S/c1-26(2,3)18-10-8-17(9-11-18)14-21-24(33)29(25(34)35-21)13-12-27-22(31)16-30-20-7-5-4-6-19(20)28-15-23(30)32/h4-11,14-15H,12-13,16H2,1-3H3,(H,27,31)/b21-14+. The Hall–Kier alpha value is -3.72. The Kier molecular flexibility index (Phi) is 6.88. The number of fused-ring (bicyclic) bond motifs is 1. The van der Waals surface area contributed by atoms with Crippen LogP contribution in [0.25, 0.3) is 17.1 Å². The van der Waals surface area contributed by atoms with Crippen LogP contribution in [0.1, 0.15) is 31.9 Å². The second-order valence-electron chi connectivity index (χ2n) is 9.23. The molecule has 180 valence electrons. The summed E-state index contributed by atoms with van der Waals surface area (Å²) in [6, 6.07) is 14.9. The number of carbonyl (C=O) groups excluding carboxylic acids is 3. The van der Waals surface area contributed by atoms with E-state index in [1.165, 1.54) is 16.3 Å². The molecule has 0 bridgehead atoms. The molecule has 2 aromatic carbocycles. The Morgan fingerprint density at radius 3 is 2.49 bits per heavy atom. The van der Waals surface area contributed by atoms with Crippen LogP contribution >= 0.6 is 11.8 Å². The van der Waals surface area contributed by atoms with E-state index in [1.54, 1.807) is 30.3 Å². The first-order valence-electron chi connectivity index (χ1n) is 11.2. The summed E-state index contributed by atoms with van der Waals surface area (Å²) in [6.45, 7) is 6.33. The maximum atomic E-state index is 12.8. The molecule has 9 heteroatoms. The summed E-state index contributed by atoms with van der Waals surface area (Å²) < 4.78 is 1.34. The van der Waals surface area contributed by atoms with Gasteiger partial charge >= 0.3 is 0 Å². The molecule has 0 aliphatic carbocycles. The van der Waals surface area contributed by atoms with Crippen molar-refractivity contribution in [3.8, 4) is 0 Å². The Morgan fingerprint density at radius 1 is 1.06 bits per heavy atom. The minimum absolute atomic E-state index is 0.0268. The summed E-state index contributed by atoms with van der Waals surface area (Å²) in [5, 5.41) is 2.31. The van der Waals surface area contributed by atoms with Crippen LogP contribution in [0, 0.1) is 0 Å². The summed E-state index contributed by atoms with van der Waals surface area (Å²) in [5.74, 6) is -0.782. The third-order valence-electron chi connectivity index (χ3n) is 5.66. The highest BCUT2D eigenvalue weighted by molar-refractivity contribution is 8.18. The topological polar surface area (TPSA) is 101 Å². The average Bonchev–Trinajstić information content (AvgIpc) is 3.08.